The van der Waals surface area contributed by atoms with Crippen LogP contribution in [0, 0.1) is 23.0 Å². The molecule has 1 saturated heterocycles. The third-order valence-corrected chi connectivity index (χ3v) is 3.88. The van der Waals surface area contributed by atoms with E-state index in [2.05, 4.69) is 0 Å². The topological polar surface area (TPSA) is 89.8 Å². The number of carbonyl (C=O) groups excluding carboxylic acids is 2. The SMILES string of the molecule is COC(=O)C1CCCN(C(=O)c2ccc([N+](=O)[O-])c(C)c2)C1. The number of ether oxygens (including phenoxy) is 1. The number of esters is 1. The number of rotatable bonds is 3. The summed E-state index contributed by atoms with van der Waals surface area (Å²) in [5.74, 6) is -0.828. The fourth-order valence-electron chi connectivity index (χ4n) is 2.70. The van der Waals surface area contributed by atoms with Gasteiger partial charge in [-0.1, -0.05) is 0 Å². The average Bonchev–Trinajstić information content (AvgIpc) is 2.53. The molecule has 1 unspecified atom stereocenters. The Labute approximate surface area is 128 Å². The van der Waals surface area contributed by atoms with E-state index >= 15 is 0 Å². The van der Waals surface area contributed by atoms with Crippen LogP contribution >= 0.6 is 0 Å². The molecule has 0 spiro atoms. The molecule has 118 valence electrons. The average molecular weight is 306 g/mol. The van der Waals surface area contributed by atoms with E-state index in [1.807, 2.05) is 0 Å². The van der Waals surface area contributed by atoms with Gasteiger partial charge in [-0.3, -0.25) is 19.7 Å². The number of nitro groups is 1. The van der Waals surface area contributed by atoms with Gasteiger partial charge in [-0.2, -0.15) is 0 Å². The van der Waals surface area contributed by atoms with Crippen molar-refractivity contribution >= 4 is 17.6 Å². The number of benzene rings is 1. The summed E-state index contributed by atoms with van der Waals surface area (Å²) < 4.78 is 4.73. The Morgan fingerprint density at radius 3 is 2.73 bits per heavy atom. The van der Waals surface area contributed by atoms with Gasteiger partial charge in [0.05, 0.1) is 18.0 Å². The lowest BCUT2D eigenvalue weighted by molar-refractivity contribution is -0.385. The van der Waals surface area contributed by atoms with Crippen molar-refractivity contribution in [3.63, 3.8) is 0 Å². The van der Waals surface area contributed by atoms with Gasteiger partial charge in [-0.25, -0.2) is 0 Å². The maximum Gasteiger partial charge on any atom is 0.310 e. The number of hydrogen-bond acceptors (Lipinski definition) is 5. The first-order chi connectivity index (χ1) is 10.4. The number of methoxy groups -OCH3 is 1. The largest absolute Gasteiger partial charge is 0.469 e. The smallest absolute Gasteiger partial charge is 0.310 e. The summed E-state index contributed by atoms with van der Waals surface area (Å²) in [6, 6.07) is 4.31. The van der Waals surface area contributed by atoms with Crippen molar-refractivity contribution in [1.29, 1.82) is 0 Å². The van der Waals surface area contributed by atoms with Crippen LogP contribution in [0.4, 0.5) is 5.69 Å². The molecule has 1 fully saturated rings. The van der Waals surface area contributed by atoms with Gasteiger partial charge in [0.2, 0.25) is 0 Å². The molecule has 1 aliphatic rings. The predicted octanol–water partition coefficient (Wildman–Crippen LogP) is 1.93. The lowest BCUT2D eigenvalue weighted by Gasteiger charge is -2.31. The number of nitro benzene ring substituents is 1. The molecule has 1 aliphatic heterocycles. The molecular weight excluding hydrogens is 288 g/mol. The van der Waals surface area contributed by atoms with Crippen LogP contribution in [0.25, 0.3) is 0 Å². The highest BCUT2D eigenvalue weighted by Crippen LogP contribution is 2.23. The number of aryl methyl sites for hydroxylation is 1. The van der Waals surface area contributed by atoms with E-state index in [9.17, 15) is 19.7 Å². The number of likely N-dealkylation sites (tertiary alicyclic amines) is 1. The monoisotopic (exact) mass is 306 g/mol. The first kappa shape index (κ1) is 15.9. The summed E-state index contributed by atoms with van der Waals surface area (Å²) in [5, 5.41) is 10.8. The highest BCUT2D eigenvalue weighted by atomic mass is 16.6. The van der Waals surface area contributed by atoms with E-state index in [0.29, 0.717) is 30.6 Å². The quantitative estimate of drug-likeness (QED) is 0.483. The third kappa shape index (κ3) is 3.24. The number of piperidine rings is 1. The molecule has 1 aromatic rings. The molecule has 0 N–H and O–H groups in total. The van der Waals surface area contributed by atoms with Crippen molar-refractivity contribution < 1.29 is 19.2 Å². The van der Waals surface area contributed by atoms with E-state index < -0.39 is 4.92 Å². The van der Waals surface area contributed by atoms with Gasteiger partial charge in [0.1, 0.15) is 0 Å². The van der Waals surface area contributed by atoms with Crippen molar-refractivity contribution in [3.8, 4) is 0 Å². The molecule has 1 atom stereocenters. The fraction of sp³-hybridized carbons (Fsp3) is 0.467. The maximum atomic E-state index is 12.5. The van der Waals surface area contributed by atoms with Gasteiger partial charge in [0.15, 0.2) is 0 Å². The predicted molar refractivity (Wildman–Crippen MR) is 78.5 cm³/mol. The molecule has 2 rings (SSSR count). The molecule has 7 heteroatoms. The molecule has 0 radical (unpaired) electrons. The van der Waals surface area contributed by atoms with E-state index in [1.54, 1.807) is 11.8 Å². The Balaban J connectivity index is 2.15. The highest BCUT2D eigenvalue weighted by Gasteiger charge is 2.29. The zero-order valence-electron chi connectivity index (χ0n) is 12.6. The van der Waals surface area contributed by atoms with Crippen molar-refractivity contribution in [2.45, 2.75) is 19.8 Å². The Morgan fingerprint density at radius 2 is 2.14 bits per heavy atom. The zero-order chi connectivity index (χ0) is 16.3. The Kier molecular flexibility index (Phi) is 4.75. The lowest BCUT2D eigenvalue weighted by Crippen LogP contribution is -2.42. The summed E-state index contributed by atoms with van der Waals surface area (Å²) in [5.41, 5.74) is 0.827. The molecule has 22 heavy (non-hydrogen) atoms. The van der Waals surface area contributed by atoms with Crippen LogP contribution in [0.3, 0.4) is 0 Å². The van der Waals surface area contributed by atoms with Gasteiger partial charge in [0.25, 0.3) is 11.6 Å². The van der Waals surface area contributed by atoms with Crippen LogP contribution in [-0.2, 0) is 9.53 Å². The maximum absolute atomic E-state index is 12.5. The first-order valence-corrected chi connectivity index (χ1v) is 7.06. The van der Waals surface area contributed by atoms with Crippen molar-refractivity contribution in [1.82, 2.24) is 4.90 Å². The third-order valence-electron chi connectivity index (χ3n) is 3.88. The Bertz CT molecular complexity index is 614. The van der Waals surface area contributed by atoms with E-state index in [4.69, 9.17) is 4.74 Å². The fourth-order valence-corrected chi connectivity index (χ4v) is 2.70. The minimum atomic E-state index is -0.474. The first-order valence-electron chi connectivity index (χ1n) is 7.06. The zero-order valence-corrected chi connectivity index (χ0v) is 12.6. The second kappa shape index (κ2) is 6.55. The molecule has 0 saturated carbocycles. The molecular formula is C15H18N2O5. The molecule has 7 nitrogen and oxygen atoms in total. The number of carbonyl (C=O) groups is 2. The van der Waals surface area contributed by atoms with Gasteiger partial charge in [-0.05, 0) is 31.9 Å². The molecule has 0 aliphatic carbocycles. The molecule has 1 heterocycles. The molecule has 1 aromatic carbocycles. The van der Waals surface area contributed by atoms with Gasteiger partial charge in [-0.15, -0.1) is 0 Å². The second-order valence-corrected chi connectivity index (χ2v) is 5.37. The highest BCUT2D eigenvalue weighted by molar-refractivity contribution is 5.95. The number of hydrogen-bond donors (Lipinski definition) is 0. The van der Waals surface area contributed by atoms with Crippen LogP contribution in [0.5, 0.6) is 0 Å². The van der Waals surface area contributed by atoms with Crippen LogP contribution in [0.2, 0.25) is 0 Å². The Morgan fingerprint density at radius 1 is 1.41 bits per heavy atom. The van der Waals surface area contributed by atoms with Crippen molar-refractivity contribution in [2.24, 2.45) is 5.92 Å². The lowest BCUT2D eigenvalue weighted by atomic mass is 9.97. The second-order valence-electron chi connectivity index (χ2n) is 5.37. The minimum absolute atomic E-state index is 0.0115. The molecule has 0 bridgehead atoms. The van der Waals surface area contributed by atoms with Crippen LogP contribution in [-0.4, -0.2) is 41.9 Å². The molecule has 0 aromatic heterocycles. The van der Waals surface area contributed by atoms with Crippen LogP contribution in [0.1, 0.15) is 28.8 Å². The minimum Gasteiger partial charge on any atom is -0.469 e. The Hall–Kier alpha value is -2.44. The van der Waals surface area contributed by atoms with E-state index in [1.165, 1.54) is 25.3 Å². The summed E-state index contributed by atoms with van der Waals surface area (Å²) >= 11 is 0. The summed E-state index contributed by atoms with van der Waals surface area (Å²) in [4.78, 5) is 36.0. The number of nitrogens with zero attached hydrogens (tertiary/aromatic N) is 2. The molecule has 1 amide bonds. The van der Waals surface area contributed by atoms with E-state index in [0.717, 1.165) is 6.42 Å². The summed E-state index contributed by atoms with van der Waals surface area (Å²) in [7, 11) is 1.34. The van der Waals surface area contributed by atoms with Crippen LogP contribution < -0.4 is 0 Å². The summed E-state index contributed by atoms with van der Waals surface area (Å²) in [6.45, 7) is 2.49. The van der Waals surface area contributed by atoms with Gasteiger partial charge < -0.3 is 9.64 Å². The van der Waals surface area contributed by atoms with Crippen molar-refractivity contribution in [3.05, 3.63) is 39.4 Å². The van der Waals surface area contributed by atoms with Gasteiger partial charge in [0, 0.05) is 30.3 Å². The van der Waals surface area contributed by atoms with Gasteiger partial charge >= 0.3 is 5.97 Å². The van der Waals surface area contributed by atoms with Crippen LogP contribution in [0.15, 0.2) is 18.2 Å². The summed E-state index contributed by atoms with van der Waals surface area (Å²) in [6.07, 6.45) is 1.44. The number of amides is 1. The standard InChI is InChI=1S/C15H18N2O5/c1-10-8-11(5-6-13(10)17(20)21)14(18)16-7-3-4-12(9-16)15(19)22-2/h5-6,8,12H,3-4,7,9H2,1-2H3. The van der Waals surface area contributed by atoms with Crippen molar-refractivity contribution in [2.75, 3.05) is 20.2 Å². The normalized spacial score (nSPS) is 17.9. The van der Waals surface area contributed by atoms with E-state index in [-0.39, 0.29) is 23.5 Å².